The van der Waals surface area contributed by atoms with Crippen LogP contribution in [0.2, 0.25) is 5.02 Å². The quantitative estimate of drug-likeness (QED) is 0.877. The average molecular weight is 355 g/mol. The lowest BCUT2D eigenvalue weighted by Gasteiger charge is -2.15. The highest BCUT2D eigenvalue weighted by Gasteiger charge is 2.15. The molecule has 0 bridgehead atoms. The van der Waals surface area contributed by atoms with Gasteiger partial charge in [0.15, 0.2) is 6.10 Å². The van der Waals surface area contributed by atoms with Crippen molar-refractivity contribution < 1.29 is 9.53 Å². The molecule has 0 aliphatic rings. The number of nitrogens with one attached hydrogen (secondary N) is 1. The van der Waals surface area contributed by atoms with E-state index in [2.05, 4.69) is 21.2 Å². The topological polar surface area (TPSA) is 38.3 Å². The van der Waals surface area contributed by atoms with Crippen LogP contribution in [0.1, 0.15) is 6.92 Å². The van der Waals surface area contributed by atoms with Crippen molar-refractivity contribution in [3.05, 3.63) is 58.0 Å². The smallest absolute Gasteiger partial charge is 0.265 e. The van der Waals surface area contributed by atoms with Gasteiger partial charge in [0.25, 0.3) is 5.91 Å². The van der Waals surface area contributed by atoms with Gasteiger partial charge in [-0.15, -0.1) is 0 Å². The largest absolute Gasteiger partial charge is 0.481 e. The Kier molecular flexibility index (Phi) is 5.04. The van der Waals surface area contributed by atoms with Gasteiger partial charge in [0, 0.05) is 15.2 Å². The van der Waals surface area contributed by atoms with Gasteiger partial charge in [-0.2, -0.15) is 0 Å². The number of halogens is 2. The van der Waals surface area contributed by atoms with E-state index in [0.717, 1.165) is 4.47 Å². The molecule has 2 rings (SSSR count). The Morgan fingerprint density at radius 2 is 2.00 bits per heavy atom. The van der Waals surface area contributed by atoms with E-state index >= 15 is 0 Å². The summed E-state index contributed by atoms with van der Waals surface area (Å²) in [5.41, 5.74) is 0.714. The minimum atomic E-state index is -0.618. The first kappa shape index (κ1) is 14.9. The van der Waals surface area contributed by atoms with Crippen molar-refractivity contribution in [2.45, 2.75) is 13.0 Å². The summed E-state index contributed by atoms with van der Waals surface area (Å²) in [4.78, 5) is 12.0. The summed E-state index contributed by atoms with van der Waals surface area (Å²) in [6.45, 7) is 1.69. The summed E-state index contributed by atoms with van der Waals surface area (Å²) < 4.78 is 6.45. The van der Waals surface area contributed by atoms with Gasteiger partial charge in [-0.05, 0) is 43.3 Å². The third-order valence-electron chi connectivity index (χ3n) is 2.57. The lowest BCUT2D eigenvalue weighted by atomic mass is 10.3. The number of carbonyl (C=O) groups is 1. The fourth-order valence-corrected chi connectivity index (χ4v) is 2.19. The predicted octanol–water partition coefficient (Wildman–Crippen LogP) is 4.51. The maximum Gasteiger partial charge on any atom is 0.265 e. The Morgan fingerprint density at radius 3 is 2.70 bits per heavy atom. The molecule has 0 aliphatic heterocycles. The second kappa shape index (κ2) is 6.77. The molecule has 0 aliphatic carbocycles. The number of amides is 1. The molecule has 0 heterocycles. The fraction of sp³-hybridized carbons (Fsp3) is 0.133. The van der Waals surface area contributed by atoms with E-state index in [1.807, 2.05) is 24.3 Å². The van der Waals surface area contributed by atoms with Gasteiger partial charge >= 0.3 is 0 Å². The number of rotatable bonds is 4. The number of hydrogen-bond donors (Lipinski definition) is 1. The van der Waals surface area contributed by atoms with Crippen molar-refractivity contribution in [1.82, 2.24) is 0 Å². The molecule has 104 valence electrons. The maximum absolute atomic E-state index is 12.0. The van der Waals surface area contributed by atoms with E-state index in [1.54, 1.807) is 31.2 Å². The van der Waals surface area contributed by atoms with Crippen molar-refractivity contribution in [2.24, 2.45) is 0 Å². The Hall–Kier alpha value is -1.52. The fourth-order valence-electron chi connectivity index (χ4n) is 1.61. The maximum atomic E-state index is 12.0. The molecule has 2 aromatic rings. The monoisotopic (exact) mass is 353 g/mol. The second-order valence-corrected chi connectivity index (χ2v) is 5.57. The van der Waals surface area contributed by atoms with E-state index < -0.39 is 6.10 Å². The zero-order valence-corrected chi connectivity index (χ0v) is 13.1. The highest BCUT2D eigenvalue weighted by molar-refractivity contribution is 9.10. The zero-order chi connectivity index (χ0) is 14.5. The lowest BCUT2D eigenvalue weighted by Crippen LogP contribution is -2.30. The Balaban J connectivity index is 1.98. The van der Waals surface area contributed by atoms with Gasteiger partial charge in [-0.25, -0.2) is 0 Å². The van der Waals surface area contributed by atoms with Gasteiger partial charge < -0.3 is 10.1 Å². The third kappa shape index (κ3) is 4.25. The Morgan fingerprint density at radius 1 is 1.25 bits per heavy atom. The van der Waals surface area contributed by atoms with Crippen molar-refractivity contribution in [1.29, 1.82) is 0 Å². The molecule has 20 heavy (non-hydrogen) atoms. The molecule has 0 saturated heterocycles. The summed E-state index contributed by atoms with van der Waals surface area (Å²) in [6.07, 6.45) is -0.618. The Labute approximate surface area is 131 Å². The van der Waals surface area contributed by atoms with E-state index in [1.165, 1.54) is 0 Å². The van der Waals surface area contributed by atoms with Gasteiger partial charge in [0.1, 0.15) is 5.75 Å². The highest BCUT2D eigenvalue weighted by atomic mass is 79.9. The Bertz CT molecular complexity index is 618. The number of anilines is 1. The van der Waals surface area contributed by atoms with Crippen LogP contribution in [-0.4, -0.2) is 12.0 Å². The normalized spacial score (nSPS) is 11.8. The van der Waals surface area contributed by atoms with Gasteiger partial charge in [-0.3, -0.25) is 4.79 Å². The molecule has 0 aromatic heterocycles. The molecule has 1 atom stereocenters. The van der Waals surface area contributed by atoms with Crippen LogP contribution in [0.25, 0.3) is 0 Å². The summed E-state index contributed by atoms with van der Waals surface area (Å²) in [5, 5.41) is 3.36. The third-order valence-corrected chi connectivity index (χ3v) is 3.30. The average Bonchev–Trinajstić information content (AvgIpc) is 2.38. The first-order valence-electron chi connectivity index (χ1n) is 6.03. The number of ether oxygens (including phenoxy) is 1. The molecular formula is C15H13BrClNO2. The van der Waals surface area contributed by atoms with Gasteiger partial charge in [0.2, 0.25) is 0 Å². The molecule has 2 aromatic carbocycles. The van der Waals surface area contributed by atoms with Crippen molar-refractivity contribution in [3.8, 4) is 5.75 Å². The highest BCUT2D eigenvalue weighted by Crippen LogP contribution is 2.19. The van der Waals surface area contributed by atoms with Gasteiger partial charge in [-0.1, -0.05) is 39.7 Å². The minimum absolute atomic E-state index is 0.219. The molecule has 5 heteroatoms. The number of hydrogen-bond acceptors (Lipinski definition) is 2. The summed E-state index contributed by atoms with van der Waals surface area (Å²) in [6, 6.07) is 14.3. The van der Waals surface area contributed by atoms with E-state index in [4.69, 9.17) is 16.3 Å². The molecule has 1 amide bonds. The van der Waals surface area contributed by atoms with E-state index in [0.29, 0.717) is 16.5 Å². The molecular weight excluding hydrogens is 342 g/mol. The van der Waals surface area contributed by atoms with Crippen molar-refractivity contribution >= 4 is 39.1 Å². The molecule has 0 unspecified atom stereocenters. The molecule has 0 fully saturated rings. The molecule has 1 N–H and O–H groups in total. The lowest BCUT2D eigenvalue weighted by molar-refractivity contribution is -0.122. The summed E-state index contributed by atoms with van der Waals surface area (Å²) >= 11 is 9.22. The van der Waals surface area contributed by atoms with Gasteiger partial charge in [0.05, 0.1) is 0 Å². The van der Waals surface area contributed by atoms with E-state index in [9.17, 15) is 4.79 Å². The van der Waals surface area contributed by atoms with Crippen LogP contribution in [0.5, 0.6) is 5.75 Å². The van der Waals surface area contributed by atoms with Crippen molar-refractivity contribution in [2.75, 3.05) is 5.32 Å². The van der Waals surface area contributed by atoms with Crippen LogP contribution >= 0.6 is 27.5 Å². The zero-order valence-electron chi connectivity index (χ0n) is 10.8. The molecule has 0 spiro atoms. The predicted molar refractivity (Wildman–Crippen MR) is 84.3 cm³/mol. The number of benzene rings is 2. The van der Waals surface area contributed by atoms with Crippen LogP contribution < -0.4 is 10.1 Å². The summed E-state index contributed by atoms with van der Waals surface area (Å²) in [7, 11) is 0. The molecule has 0 radical (unpaired) electrons. The SMILES string of the molecule is C[C@H](Oc1cccc(Cl)c1)C(=O)Nc1cccc(Br)c1. The van der Waals surface area contributed by atoms with Crippen LogP contribution in [0, 0.1) is 0 Å². The van der Waals surface area contributed by atoms with E-state index in [-0.39, 0.29) is 5.91 Å². The molecule has 3 nitrogen and oxygen atoms in total. The molecule has 0 saturated carbocycles. The summed E-state index contributed by atoms with van der Waals surface area (Å²) in [5.74, 6) is 0.345. The minimum Gasteiger partial charge on any atom is -0.481 e. The van der Waals surface area contributed by atoms with Crippen LogP contribution in [0.4, 0.5) is 5.69 Å². The van der Waals surface area contributed by atoms with Crippen LogP contribution in [0.15, 0.2) is 53.0 Å². The van der Waals surface area contributed by atoms with Crippen LogP contribution in [0.3, 0.4) is 0 Å². The standard InChI is InChI=1S/C15H13BrClNO2/c1-10(20-14-7-3-5-12(17)9-14)15(19)18-13-6-2-4-11(16)8-13/h2-10H,1H3,(H,18,19)/t10-/m0/s1. The van der Waals surface area contributed by atoms with Crippen molar-refractivity contribution in [3.63, 3.8) is 0 Å². The van der Waals surface area contributed by atoms with Crippen LogP contribution in [-0.2, 0) is 4.79 Å². The second-order valence-electron chi connectivity index (χ2n) is 4.22. The first-order chi connectivity index (χ1) is 9.54. The first-order valence-corrected chi connectivity index (χ1v) is 7.20. The number of carbonyl (C=O) groups excluding carboxylic acids is 1.